The summed E-state index contributed by atoms with van der Waals surface area (Å²) < 4.78 is 6.63. The van der Waals surface area contributed by atoms with Gasteiger partial charge in [0.1, 0.15) is 11.2 Å². The minimum Gasteiger partial charge on any atom is -0.455 e. The summed E-state index contributed by atoms with van der Waals surface area (Å²) in [5, 5.41) is 9.68. The Labute approximate surface area is 267 Å². The molecule has 10 rings (SSSR count). The molecule has 216 valence electrons. The molecule has 1 heteroatoms. The molecule has 0 saturated heterocycles. The van der Waals surface area contributed by atoms with Crippen LogP contribution in [0.4, 0.5) is 0 Å². The van der Waals surface area contributed by atoms with Gasteiger partial charge in [-0.3, -0.25) is 0 Å². The predicted octanol–water partition coefficient (Wildman–Crippen LogP) is 12.7. The Morgan fingerprint density at radius 2 is 0.957 bits per heavy atom. The fourth-order valence-electron chi connectivity index (χ4n) is 8.27. The summed E-state index contributed by atoms with van der Waals surface area (Å²) in [4.78, 5) is 0. The van der Waals surface area contributed by atoms with Gasteiger partial charge < -0.3 is 4.42 Å². The standard InChI is InChI=1S/C45H30O/c1-45(2)39-18-10-9-13-31(39)32-22-20-28(25-40(32)45)42-34-14-5-7-16-36(34)43(37-17-8-6-15-35(37)42)29-21-23-33-38-24-19-27-11-3-4-12-30(27)44(38)46-41(33)26-29/h3-26H,1-2H3. The van der Waals surface area contributed by atoms with E-state index in [1.807, 2.05) is 0 Å². The lowest BCUT2D eigenvalue weighted by Gasteiger charge is -2.23. The fourth-order valence-corrected chi connectivity index (χ4v) is 8.27. The molecule has 0 saturated carbocycles. The van der Waals surface area contributed by atoms with Crippen LogP contribution in [0.3, 0.4) is 0 Å². The van der Waals surface area contributed by atoms with E-state index in [4.69, 9.17) is 4.42 Å². The lowest BCUT2D eigenvalue weighted by atomic mass is 9.80. The van der Waals surface area contributed by atoms with Crippen LogP contribution in [0.5, 0.6) is 0 Å². The van der Waals surface area contributed by atoms with Crippen LogP contribution < -0.4 is 0 Å². The Morgan fingerprint density at radius 3 is 1.67 bits per heavy atom. The summed E-state index contributed by atoms with van der Waals surface area (Å²) in [5.41, 5.74) is 12.3. The Bertz CT molecular complexity index is 2660. The van der Waals surface area contributed by atoms with Crippen molar-refractivity contribution < 1.29 is 4.42 Å². The van der Waals surface area contributed by atoms with E-state index in [0.717, 1.165) is 27.3 Å². The molecular weight excluding hydrogens is 556 g/mol. The first-order valence-electron chi connectivity index (χ1n) is 16.1. The van der Waals surface area contributed by atoms with Gasteiger partial charge in [-0.1, -0.05) is 135 Å². The Balaban J connectivity index is 1.23. The Morgan fingerprint density at radius 1 is 0.413 bits per heavy atom. The van der Waals surface area contributed by atoms with Crippen molar-refractivity contribution >= 4 is 54.3 Å². The average molecular weight is 587 g/mol. The van der Waals surface area contributed by atoms with Gasteiger partial charge in [0.25, 0.3) is 0 Å². The maximum Gasteiger partial charge on any atom is 0.143 e. The third-order valence-electron chi connectivity index (χ3n) is 10.5. The molecule has 1 aliphatic rings. The molecule has 1 nitrogen and oxygen atoms in total. The SMILES string of the molecule is CC1(C)c2ccccc2-c2ccc(-c3c4ccccc4c(-c4ccc5c(c4)oc4c6ccccc6ccc54)c4ccccc34)cc21. The fraction of sp³-hybridized carbons (Fsp3) is 0.0667. The molecule has 1 aliphatic carbocycles. The number of benzene rings is 8. The van der Waals surface area contributed by atoms with E-state index in [1.165, 1.54) is 71.4 Å². The number of hydrogen-bond donors (Lipinski definition) is 0. The predicted molar refractivity (Wildman–Crippen MR) is 195 cm³/mol. The minimum absolute atomic E-state index is 0.0548. The second-order valence-corrected chi connectivity index (χ2v) is 13.2. The molecule has 9 aromatic rings. The molecule has 0 unspecified atom stereocenters. The van der Waals surface area contributed by atoms with Gasteiger partial charge in [0.05, 0.1) is 0 Å². The second-order valence-electron chi connectivity index (χ2n) is 13.2. The zero-order valence-corrected chi connectivity index (χ0v) is 25.8. The molecule has 0 spiro atoms. The van der Waals surface area contributed by atoms with Crippen molar-refractivity contribution in [2.24, 2.45) is 0 Å². The second kappa shape index (κ2) is 9.19. The van der Waals surface area contributed by atoms with Crippen LogP contribution in [0, 0.1) is 0 Å². The van der Waals surface area contributed by atoms with Crippen LogP contribution in [0.1, 0.15) is 25.0 Å². The first-order chi connectivity index (χ1) is 22.6. The van der Waals surface area contributed by atoms with Crippen molar-refractivity contribution in [1.29, 1.82) is 0 Å². The van der Waals surface area contributed by atoms with Crippen LogP contribution in [0.2, 0.25) is 0 Å². The smallest absolute Gasteiger partial charge is 0.143 e. The molecule has 0 atom stereocenters. The van der Waals surface area contributed by atoms with Crippen LogP contribution in [-0.4, -0.2) is 0 Å². The van der Waals surface area contributed by atoms with Gasteiger partial charge in [0.2, 0.25) is 0 Å². The Kier molecular flexibility index (Phi) is 5.12. The van der Waals surface area contributed by atoms with Crippen molar-refractivity contribution in [2.45, 2.75) is 19.3 Å². The van der Waals surface area contributed by atoms with Crippen LogP contribution >= 0.6 is 0 Å². The van der Waals surface area contributed by atoms with Crippen LogP contribution in [0.15, 0.2) is 150 Å². The number of furan rings is 1. The van der Waals surface area contributed by atoms with Crippen LogP contribution in [0.25, 0.3) is 87.6 Å². The first-order valence-corrected chi connectivity index (χ1v) is 16.1. The number of fused-ring (bicyclic) bond motifs is 10. The lowest BCUT2D eigenvalue weighted by molar-refractivity contribution is 0.660. The zero-order chi connectivity index (χ0) is 30.6. The van der Waals surface area contributed by atoms with Gasteiger partial charge in [-0.15, -0.1) is 0 Å². The van der Waals surface area contributed by atoms with Crippen molar-refractivity contribution in [3.63, 3.8) is 0 Å². The van der Waals surface area contributed by atoms with E-state index in [0.29, 0.717) is 0 Å². The topological polar surface area (TPSA) is 13.1 Å². The van der Waals surface area contributed by atoms with E-state index in [9.17, 15) is 0 Å². The largest absolute Gasteiger partial charge is 0.455 e. The third-order valence-corrected chi connectivity index (χ3v) is 10.5. The molecular formula is C45H30O. The molecule has 0 N–H and O–H groups in total. The summed E-state index contributed by atoms with van der Waals surface area (Å²) in [6.07, 6.45) is 0. The van der Waals surface area contributed by atoms with Gasteiger partial charge in [-0.2, -0.15) is 0 Å². The maximum atomic E-state index is 6.63. The van der Waals surface area contributed by atoms with Crippen molar-refractivity contribution in [3.8, 4) is 33.4 Å². The molecule has 1 aromatic heterocycles. The molecule has 0 aliphatic heterocycles. The highest BCUT2D eigenvalue weighted by Crippen LogP contribution is 2.51. The van der Waals surface area contributed by atoms with Gasteiger partial charge in [0.15, 0.2) is 0 Å². The minimum atomic E-state index is -0.0548. The summed E-state index contributed by atoms with van der Waals surface area (Å²) in [5.74, 6) is 0. The molecule has 46 heavy (non-hydrogen) atoms. The highest BCUT2D eigenvalue weighted by atomic mass is 16.3. The highest BCUT2D eigenvalue weighted by molar-refractivity contribution is 6.22. The van der Waals surface area contributed by atoms with Gasteiger partial charge in [-0.25, -0.2) is 0 Å². The highest BCUT2D eigenvalue weighted by Gasteiger charge is 2.35. The summed E-state index contributed by atoms with van der Waals surface area (Å²) in [6.45, 7) is 4.72. The average Bonchev–Trinajstić information content (AvgIpc) is 3.59. The van der Waals surface area contributed by atoms with Crippen molar-refractivity contribution in [2.75, 3.05) is 0 Å². The Hall–Kier alpha value is -5.66. The third kappa shape index (κ3) is 3.40. The summed E-state index contributed by atoms with van der Waals surface area (Å²) in [6, 6.07) is 53.4. The van der Waals surface area contributed by atoms with Gasteiger partial charge in [0, 0.05) is 21.6 Å². The molecule has 1 heterocycles. The molecule has 0 bridgehead atoms. The van der Waals surface area contributed by atoms with E-state index in [1.54, 1.807) is 0 Å². The van der Waals surface area contributed by atoms with Crippen molar-refractivity contribution in [3.05, 3.63) is 157 Å². The molecule has 0 radical (unpaired) electrons. The maximum absolute atomic E-state index is 6.63. The summed E-state index contributed by atoms with van der Waals surface area (Å²) in [7, 11) is 0. The van der Waals surface area contributed by atoms with E-state index in [-0.39, 0.29) is 5.41 Å². The zero-order valence-electron chi connectivity index (χ0n) is 25.8. The molecule has 0 fully saturated rings. The monoisotopic (exact) mass is 586 g/mol. The van der Waals surface area contributed by atoms with E-state index >= 15 is 0 Å². The molecule has 8 aromatic carbocycles. The number of hydrogen-bond acceptors (Lipinski definition) is 1. The molecule has 0 amide bonds. The first kappa shape index (κ1) is 25.6. The lowest BCUT2D eigenvalue weighted by Crippen LogP contribution is -2.14. The summed E-state index contributed by atoms with van der Waals surface area (Å²) >= 11 is 0. The van der Waals surface area contributed by atoms with Crippen molar-refractivity contribution in [1.82, 2.24) is 0 Å². The quantitative estimate of drug-likeness (QED) is 0.184. The number of rotatable bonds is 2. The van der Waals surface area contributed by atoms with E-state index in [2.05, 4.69) is 159 Å². The van der Waals surface area contributed by atoms with Gasteiger partial charge >= 0.3 is 0 Å². The van der Waals surface area contributed by atoms with E-state index < -0.39 is 0 Å². The van der Waals surface area contributed by atoms with Crippen LogP contribution in [-0.2, 0) is 5.41 Å². The van der Waals surface area contributed by atoms with Gasteiger partial charge in [-0.05, 0) is 95.7 Å². The normalized spacial score (nSPS) is 13.6.